The number of carboxylic acids is 1. The number of aliphatic carboxylic acids is 1. The number of amides is 2. The van der Waals surface area contributed by atoms with Crippen molar-refractivity contribution in [2.75, 3.05) is 6.61 Å². The number of rotatable bonds is 5. The normalized spacial score (nSPS) is 11.9. The number of carboxylic acid groups (broad SMARTS) is 1. The van der Waals surface area contributed by atoms with E-state index in [9.17, 15) is 9.59 Å². The summed E-state index contributed by atoms with van der Waals surface area (Å²) in [5, 5.41) is 24.5. The summed E-state index contributed by atoms with van der Waals surface area (Å²) in [5.74, 6) is -1.28. The molecule has 2 amide bonds. The molecule has 0 spiro atoms. The van der Waals surface area contributed by atoms with Gasteiger partial charge in [0.1, 0.15) is 5.01 Å². The van der Waals surface area contributed by atoms with Gasteiger partial charge < -0.3 is 20.8 Å². The van der Waals surface area contributed by atoms with E-state index in [1.165, 1.54) is 11.3 Å². The quantitative estimate of drug-likeness (QED) is 0.580. The number of nitrogens with one attached hydrogen (secondary N) is 2. The summed E-state index contributed by atoms with van der Waals surface area (Å²) in [5.41, 5.74) is 0.867. The van der Waals surface area contributed by atoms with Gasteiger partial charge in [0.2, 0.25) is 0 Å². The number of carbonyl (C=O) groups is 2. The number of carbonyl (C=O) groups excluding carboxylic acids is 1. The molecular weight excluding hydrogens is 246 g/mol. The molecular formula is C9H13N3O4S. The van der Waals surface area contributed by atoms with E-state index < -0.39 is 24.6 Å². The summed E-state index contributed by atoms with van der Waals surface area (Å²) >= 11 is 1.40. The maximum atomic E-state index is 11.3. The van der Waals surface area contributed by atoms with Gasteiger partial charge in [-0.05, 0) is 6.92 Å². The summed E-state index contributed by atoms with van der Waals surface area (Å²) in [6.07, 6.45) is 0. The summed E-state index contributed by atoms with van der Waals surface area (Å²) in [6, 6.07) is -1.95. The predicted octanol–water partition coefficient (Wildman–Crippen LogP) is -0.304. The molecule has 1 unspecified atom stereocenters. The largest absolute Gasteiger partial charge is 0.480 e. The molecule has 1 aromatic heterocycles. The lowest BCUT2D eigenvalue weighted by molar-refractivity contribution is -0.140. The first-order valence-corrected chi connectivity index (χ1v) is 5.70. The maximum Gasteiger partial charge on any atom is 0.328 e. The third kappa shape index (κ3) is 4.37. The molecule has 0 saturated heterocycles. The molecule has 17 heavy (non-hydrogen) atoms. The Labute approximate surface area is 101 Å². The highest BCUT2D eigenvalue weighted by atomic mass is 32.1. The molecule has 0 bridgehead atoms. The van der Waals surface area contributed by atoms with Crippen molar-refractivity contribution in [3.05, 3.63) is 16.1 Å². The van der Waals surface area contributed by atoms with Crippen LogP contribution in [0.25, 0.3) is 0 Å². The van der Waals surface area contributed by atoms with Gasteiger partial charge in [0.15, 0.2) is 6.04 Å². The van der Waals surface area contributed by atoms with Gasteiger partial charge in [0.25, 0.3) is 0 Å². The number of hydrogen-bond donors (Lipinski definition) is 4. The Morgan fingerprint density at radius 2 is 2.29 bits per heavy atom. The van der Waals surface area contributed by atoms with Gasteiger partial charge in [-0.3, -0.25) is 0 Å². The van der Waals surface area contributed by atoms with Crippen LogP contribution in [0.2, 0.25) is 0 Å². The number of aromatic nitrogens is 1. The summed E-state index contributed by atoms with van der Waals surface area (Å²) in [6.45, 7) is 1.41. The summed E-state index contributed by atoms with van der Waals surface area (Å²) < 4.78 is 0. The van der Waals surface area contributed by atoms with E-state index >= 15 is 0 Å². The monoisotopic (exact) mass is 259 g/mol. The van der Waals surface area contributed by atoms with Crippen molar-refractivity contribution >= 4 is 23.3 Å². The molecule has 0 radical (unpaired) electrons. The third-order valence-electron chi connectivity index (χ3n) is 1.85. The van der Waals surface area contributed by atoms with Crippen molar-refractivity contribution in [2.24, 2.45) is 0 Å². The fraction of sp³-hybridized carbons (Fsp3) is 0.444. The number of aliphatic hydroxyl groups is 1. The van der Waals surface area contributed by atoms with Crippen LogP contribution in [0.15, 0.2) is 5.38 Å². The number of nitrogens with zero attached hydrogens (tertiary/aromatic N) is 1. The predicted molar refractivity (Wildman–Crippen MR) is 60.7 cm³/mol. The number of thiazole rings is 1. The second kappa shape index (κ2) is 6.16. The zero-order valence-corrected chi connectivity index (χ0v) is 9.95. The summed E-state index contributed by atoms with van der Waals surface area (Å²) in [4.78, 5) is 25.9. The van der Waals surface area contributed by atoms with Gasteiger partial charge in [0, 0.05) is 11.1 Å². The first kappa shape index (κ1) is 13.4. The fourth-order valence-electron chi connectivity index (χ4n) is 1.03. The van der Waals surface area contributed by atoms with E-state index in [-0.39, 0.29) is 6.54 Å². The topological polar surface area (TPSA) is 112 Å². The van der Waals surface area contributed by atoms with E-state index in [1.54, 1.807) is 0 Å². The van der Waals surface area contributed by atoms with E-state index in [0.717, 1.165) is 10.7 Å². The lowest BCUT2D eigenvalue weighted by Gasteiger charge is -2.11. The molecule has 4 N–H and O–H groups in total. The highest BCUT2D eigenvalue weighted by Crippen LogP contribution is 2.07. The van der Waals surface area contributed by atoms with E-state index in [0.29, 0.717) is 0 Å². The van der Waals surface area contributed by atoms with E-state index in [4.69, 9.17) is 10.2 Å². The van der Waals surface area contributed by atoms with Crippen LogP contribution in [-0.4, -0.2) is 39.8 Å². The van der Waals surface area contributed by atoms with Crippen molar-refractivity contribution in [3.8, 4) is 0 Å². The van der Waals surface area contributed by atoms with Crippen LogP contribution in [0.5, 0.6) is 0 Å². The highest BCUT2D eigenvalue weighted by molar-refractivity contribution is 7.09. The molecule has 7 nitrogen and oxygen atoms in total. The molecule has 0 aliphatic heterocycles. The minimum absolute atomic E-state index is 0.224. The van der Waals surface area contributed by atoms with Crippen molar-refractivity contribution < 1.29 is 19.8 Å². The molecule has 1 atom stereocenters. The van der Waals surface area contributed by atoms with Crippen LogP contribution in [0.3, 0.4) is 0 Å². The average Bonchev–Trinajstić information content (AvgIpc) is 2.68. The molecule has 94 valence electrons. The Bertz CT molecular complexity index is 407. The Kier molecular flexibility index (Phi) is 4.85. The average molecular weight is 259 g/mol. The van der Waals surface area contributed by atoms with E-state index in [1.807, 2.05) is 12.3 Å². The number of aryl methyl sites for hydroxylation is 1. The van der Waals surface area contributed by atoms with Crippen molar-refractivity contribution in [1.82, 2.24) is 15.6 Å². The smallest absolute Gasteiger partial charge is 0.328 e. The number of aliphatic hydroxyl groups excluding tert-OH is 1. The molecule has 0 fully saturated rings. The lowest BCUT2D eigenvalue weighted by atomic mass is 10.3. The number of hydrogen-bond acceptors (Lipinski definition) is 5. The Morgan fingerprint density at radius 3 is 2.76 bits per heavy atom. The highest BCUT2D eigenvalue weighted by Gasteiger charge is 2.18. The molecule has 8 heteroatoms. The maximum absolute atomic E-state index is 11.3. The van der Waals surface area contributed by atoms with Gasteiger partial charge in [-0.2, -0.15) is 0 Å². The Balaban J connectivity index is 2.37. The van der Waals surface area contributed by atoms with Crippen LogP contribution in [0.1, 0.15) is 10.7 Å². The Morgan fingerprint density at radius 1 is 1.59 bits per heavy atom. The van der Waals surface area contributed by atoms with Crippen LogP contribution in [0.4, 0.5) is 4.79 Å². The molecule has 0 aliphatic carbocycles. The zero-order chi connectivity index (χ0) is 12.8. The van der Waals surface area contributed by atoms with Crippen LogP contribution in [0, 0.1) is 6.92 Å². The van der Waals surface area contributed by atoms with Crippen molar-refractivity contribution in [2.45, 2.75) is 19.5 Å². The van der Waals surface area contributed by atoms with Gasteiger partial charge in [-0.25, -0.2) is 14.6 Å². The Hall–Kier alpha value is -1.67. The number of urea groups is 1. The van der Waals surface area contributed by atoms with Crippen molar-refractivity contribution in [3.63, 3.8) is 0 Å². The van der Waals surface area contributed by atoms with Gasteiger partial charge in [-0.1, -0.05) is 0 Å². The second-order valence-corrected chi connectivity index (χ2v) is 4.23. The zero-order valence-electron chi connectivity index (χ0n) is 9.14. The van der Waals surface area contributed by atoms with Gasteiger partial charge in [-0.15, -0.1) is 11.3 Å². The molecule has 0 aliphatic rings. The second-order valence-electron chi connectivity index (χ2n) is 3.28. The first-order valence-electron chi connectivity index (χ1n) is 4.82. The minimum atomic E-state index is -1.30. The third-order valence-corrected chi connectivity index (χ3v) is 2.82. The van der Waals surface area contributed by atoms with Crippen LogP contribution >= 0.6 is 11.3 Å². The molecule has 0 saturated carbocycles. The molecule has 1 heterocycles. The van der Waals surface area contributed by atoms with Crippen molar-refractivity contribution in [1.29, 1.82) is 0 Å². The first-order chi connectivity index (χ1) is 8.02. The van der Waals surface area contributed by atoms with Crippen LogP contribution in [-0.2, 0) is 11.3 Å². The SMILES string of the molecule is Cc1csc(CNC(=O)NC(CO)C(=O)O)n1. The lowest BCUT2D eigenvalue weighted by Crippen LogP contribution is -2.47. The fourth-order valence-corrected chi connectivity index (χ4v) is 1.75. The van der Waals surface area contributed by atoms with Gasteiger partial charge in [0.05, 0.1) is 13.2 Å². The molecule has 0 aromatic carbocycles. The summed E-state index contributed by atoms with van der Waals surface area (Å²) in [7, 11) is 0. The minimum Gasteiger partial charge on any atom is -0.480 e. The molecule has 1 aromatic rings. The van der Waals surface area contributed by atoms with E-state index in [2.05, 4.69) is 15.6 Å². The van der Waals surface area contributed by atoms with Crippen LogP contribution < -0.4 is 10.6 Å². The molecule has 1 rings (SSSR count). The van der Waals surface area contributed by atoms with Gasteiger partial charge >= 0.3 is 12.0 Å². The standard InChI is InChI=1S/C9H13N3O4S/c1-5-4-17-7(11-5)2-10-9(16)12-6(3-13)8(14)15/h4,6,13H,2-3H2,1H3,(H,14,15)(H2,10,12,16).